The topological polar surface area (TPSA) is 17.8 Å². The number of alkyl halides is 1. The highest BCUT2D eigenvalue weighted by Crippen LogP contribution is 2.29. The average Bonchev–Trinajstić information content (AvgIpc) is 2.82. The number of para-hydroxylation sites is 1. The van der Waals surface area contributed by atoms with Crippen LogP contribution in [0.1, 0.15) is 11.4 Å². The van der Waals surface area contributed by atoms with Gasteiger partial charge in [-0.1, -0.05) is 17.7 Å². The molecule has 0 N–H and O–H groups in total. The number of hydrogen-bond acceptors (Lipinski definition) is 1. The maximum absolute atomic E-state index is 13.4. The Morgan fingerprint density at radius 1 is 1.25 bits per heavy atom. The Morgan fingerprint density at radius 3 is 2.75 bits per heavy atom. The van der Waals surface area contributed by atoms with Crippen LogP contribution < -0.4 is 0 Å². The molecule has 0 radical (unpaired) electrons. The predicted molar refractivity (Wildman–Crippen MR) is 80.3 cm³/mol. The number of halogens is 3. The van der Waals surface area contributed by atoms with E-state index in [1.54, 1.807) is 25.1 Å². The van der Waals surface area contributed by atoms with Crippen LogP contribution >= 0.6 is 23.2 Å². The smallest absolute Gasteiger partial charge is 0.129 e. The highest BCUT2D eigenvalue weighted by atomic mass is 35.5. The van der Waals surface area contributed by atoms with Gasteiger partial charge < -0.3 is 0 Å². The largest absolute Gasteiger partial charge is 0.294 e. The van der Waals surface area contributed by atoms with Gasteiger partial charge in [-0.3, -0.25) is 4.57 Å². The van der Waals surface area contributed by atoms with Crippen molar-refractivity contribution in [1.82, 2.24) is 9.55 Å². The molecule has 2 nitrogen and oxygen atoms in total. The number of rotatable bonds is 2. The van der Waals surface area contributed by atoms with Gasteiger partial charge in [-0.15, -0.1) is 11.6 Å². The number of aryl methyl sites for hydroxylation is 1. The molecular weight excluding hydrogens is 298 g/mol. The molecule has 102 valence electrons. The third-order valence-electron chi connectivity index (χ3n) is 3.22. The van der Waals surface area contributed by atoms with Gasteiger partial charge in [0.1, 0.15) is 11.6 Å². The SMILES string of the molecule is Cc1cc(-n2c(CCl)nc3cccc(Cl)c32)ccc1F. The molecule has 3 aromatic rings. The fraction of sp³-hybridized carbons (Fsp3) is 0.133. The summed E-state index contributed by atoms with van der Waals surface area (Å²) >= 11 is 12.3. The lowest BCUT2D eigenvalue weighted by molar-refractivity contribution is 0.618. The van der Waals surface area contributed by atoms with Crippen LogP contribution in [-0.2, 0) is 5.88 Å². The Bertz CT molecular complexity index is 796. The molecule has 0 amide bonds. The number of benzene rings is 2. The van der Waals surface area contributed by atoms with Crippen molar-refractivity contribution in [1.29, 1.82) is 0 Å². The second kappa shape index (κ2) is 5.08. The van der Waals surface area contributed by atoms with Gasteiger partial charge in [0.25, 0.3) is 0 Å². The third kappa shape index (κ3) is 2.07. The van der Waals surface area contributed by atoms with E-state index in [2.05, 4.69) is 4.98 Å². The summed E-state index contributed by atoms with van der Waals surface area (Å²) in [7, 11) is 0. The number of fused-ring (bicyclic) bond motifs is 1. The van der Waals surface area contributed by atoms with Gasteiger partial charge in [0.15, 0.2) is 0 Å². The molecule has 0 aliphatic carbocycles. The molecule has 0 saturated carbocycles. The third-order valence-corrected chi connectivity index (χ3v) is 3.76. The fourth-order valence-electron chi connectivity index (χ4n) is 2.27. The summed E-state index contributed by atoms with van der Waals surface area (Å²) in [5, 5.41) is 0.591. The van der Waals surface area contributed by atoms with E-state index in [-0.39, 0.29) is 11.7 Å². The summed E-state index contributed by atoms with van der Waals surface area (Å²) in [5.74, 6) is 0.694. The molecule has 3 rings (SSSR count). The molecule has 0 bridgehead atoms. The first-order chi connectivity index (χ1) is 9.61. The predicted octanol–water partition coefficient (Wildman–Crippen LogP) is 4.87. The van der Waals surface area contributed by atoms with Gasteiger partial charge in [-0.05, 0) is 42.8 Å². The molecule has 0 fully saturated rings. The summed E-state index contributed by atoms with van der Waals surface area (Å²) in [6, 6.07) is 10.4. The first-order valence-corrected chi connectivity index (χ1v) is 7.01. The molecule has 1 heterocycles. The lowest BCUT2D eigenvalue weighted by Gasteiger charge is -2.10. The van der Waals surface area contributed by atoms with Crippen LogP contribution in [0.25, 0.3) is 16.7 Å². The van der Waals surface area contributed by atoms with Crippen LogP contribution in [0.2, 0.25) is 5.02 Å². The summed E-state index contributed by atoms with van der Waals surface area (Å²) in [6.45, 7) is 1.72. The van der Waals surface area contributed by atoms with Crippen molar-refractivity contribution in [2.45, 2.75) is 12.8 Å². The first-order valence-electron chi connectivity index (χ1n) is 6.10. The van der Waals surface area contributed by atoms with Crippen LogP contribution in [-0.4, -0.2) is 9.55 Å². The monoisotopic (exact) mass is 308 g/mol. The van der Waals surface area contributed by atoms with Gasteiger partial charge in [-0.2, -0.15) is 0 Å². The van der Waals surface area contributed by atoms with E-state index in [0.717, 1.165) is 16.7 Å². The highest BCUT2D eigenvalue weighted by molar-refractivity contribution is 6.35. The van der Waals surface area contributed by atoms with Crippen molar-refractivity contribution < 1.29 is 4.39 Å². The van der Waals surface area contributed by atoms with Crippen LogP contribution in [0.5, 0.6) is 0 Å². The standard InChI is InChI=1S/C15H11Cl2FN2/c1-9-7-10(5-6-12(9)18)20-14(8-16)19-13-4-2-3-11(17)15(13)20/h2-7H,8H2,1H3. The van der Waals surface area contributed by atoms with Crippen molar-refractivity contribution in [2.75, 3.05) is 0 Å². The molecule has 0 aliphatic rings. The molecule has 0 atom stereocenters. The Labute approximate surface area is 125 Å². The second-order valence-corrected chi connectivity index (χ2v) is 5.21. The minimum atomic E-state index is -0.239. The van der Waals surface area contributed by atoms with Crippen molar-refractivity contribution in [2.24, 2.45) is 0 Å². The summed E-state index contributed by atoms with van der Waals surface area (Å²) < 4.78 is 15.3. The Morgan fingerprint density at radius 2 is 2.05 bits per heavy atom. The van der Waals surface area contributed by atoms with E-state index in [4.69, 9.17) is 23.2 Å². The summed E-state index contributed by atoms with van der Waals surface area (Å²) in [5.41, 5.74) is 2.93. The molecule has 1 aromatic heterocycles. The fourth-order valence-corrected chi connectivity index (χ4v) is 2.70. The number of nitrogens with zero attached hydrogens (tertiary/aromatic N) is 2. The first kappa shape index (κ1) is 13.4. The van der Waals surface area contributed by atoms with E-state index in [0.29, 0.717) is 16.4 Å². The molecule has 0 aliphatic heterocycles. The van der Waals surface area contributed by atoms with Crippen molar-refractivity contribution in [3.63, 3.8) is 0 Å². The van der Waals surface area contributed by atoms with Crippen LogP contribution in [0.15, 0.2) is 36.4 Å². The molecule has 2 aromatic carbocycles. The van der Waals surface area contributed by atoms with E-state index in [9.17, 15) is 4.39 Å². The molecule has 5 heteroatoms. The Kier molecular flexibility index (Phi) is 3.40. The van der Waals surface area contributed by atoms with Gasteiger partial charge >= 0.3 is 0 Å². The Balaban J connectivity index is 2.36. The zero-order valence-corrected chi connectivity index (χ0v) is 12.2. The highest BCUT2D eigenvalue weighted by Gasteiger charge is 2.14. The maximum atomic E-state index is 13.4. The van der Waals surface area contributed by atoms with Crippen LogP contribution in [0.3, 0.4) is 0 Å². The van der Waals surface area contributed by atoms with Gasteiger partial charge in [0.2, 0.25) is 0 Å². The van der Waals surface area contributed by atoms with Gasteiger partial charge in [-0.25, -0.2) is 9.37 Å². The van der Waals surface area contributed by atoms with Gasteiger partial charge in [0.05, 0.1) is 21.9 Å². The normalized spacial score (nSPS) is 11.2. The van der Waals surface area contributed by atoms with E-state index in [1.807, 2.05) is 16.7 Å². The summed E-state index contributed by atoms with van der Waals surface area (Å²) in [6.07, 6.45) is 0. The zero-order valence-electron chi connectivity index (χ0n) is 10.7. The lowest BCUT2D eigenvalue weighted by Crippen LogP contribution is -2.00. The summed E-state index contributed by atoms with van der Waals surface area (Å²) in [4.78, 5) is 4.47. The number of aromatic nitrogens is 2. The number of hydrogen-bond donors (Lipinski definition) is 0. The average molecular weight is 309 g/mol. The molecular formula is C15H11Cl2FN2. The van der Waals surface area contributed by atoms with Crippen LogP contribution in [0.4, 0.5) is 4.39 Å². The molecule has 20 heavy (non-hydrogen) atoms. The second-order valence-electron chi connectivity index (χ2n) is 4.54. The van der Waals surface area contributed by atoms with E-state index < -0.39 is 0 Å². The van der Waals surface area contributed by atoms with Crippen molar-refractivity contribution >= 4 is 34.2 Å². The minimum Gasteiger partial charge on any atom is -0.294 e. The number of imidazole rings is 1. The molecule has 0 unspecified atom stereocenters. The van der Waals surface area contributed by atoms with Crippen LogP contribution in [0, 0.1) is 12.7 Å². The van der Waals surface area contributed by atoms with Crippen molar-refractivity contribution in [3.05, 3.63) is 58.6 Å². The van der Waals surface area contributed by atoms with Crippen molar-refractivity contribution in [3.8, 4) is 5.69 Å². The lowest BCUT2D eigenvalue weighted by atomic mass is 10.2. The molecule has 0 saturated heterocycles. The molecule has 0 spiro atoms. The van der Waals surface area contributed by atoms with E-state index in [1.165, 1.54) is 6.07 Å². The minimum absolute atomic E-state index is 0.239. The van der Waals surface area contributed by atoms with E-state index >= 15 is 0 Å². The quantitative estimate of drug-likeness (QED) is 0.618. The maximum Gasteiger partial charge on any atom is 0.129 e. The Hall–Kier alpha value is -1.58. The van der Waals surface area contributed by atoms with Gasteiger partial charge in [0, 0.05) is 5.69 Å². The zero-order chi connectivity index (χ0) is 14.3.